The Bertz CT molecular complexity index is 534. The molecular weight excluding hydrogens is 248 g/mol. The molecule has 20 heavy (non-hydrogen) atoms. The third kappa shape index (κ3) is 2.60. The van der Waals surface area contributed by atoms with Crippen LogP contribution in [-0.4, -0.2) is 31.6 Å². The lowest BCUT2D eigenvalue weighted by Gasteiger charge is -2.21. The highest BCUT2D eigenvalue weighted by molar-refractivity contribution is 5.77. The van der Waals surface area contributed by atoms with Crippen LogP contribution in [-0.2, 0) is 0 Å². The molecule has 1 saturated heterocycles. The van der Waals surface area contributed by atoms with Gasteiger partial charge < -0.3 is 14.6 Å². The topological polar surface area (TPSA) is 28.4 Å². The second kappa shape index (κ2) is 5.58. The van der Waals surface area contributed by atoms with Crippen molar-refractivity contribution in [2.24, 2.45) is 11.8 Å². The van der Waals surface area contributed by atoms with Gasteiger partial charge in [0.05, 0.1) is 6.04 Å². The van der Waals surface area contributed by atoms with E-state index < -0.39 is 0 Å². The largest absolute Gasteiger partial charge is 0.459 e. The van der Waals surface area contributed by atoms with E-state index in [4.69, 9.17) is 4.42 Å². The lowest BCUT2D eigenvalue weighted by atomic mass is 10.0. The Morgan fingerprint density at radius 2 is 1.95 bits per heavy atom. The number of para-hydroxylation sites is 1. The molecule has 3 atom stereocenters. The second-order valence-corrected chi connectivity index (χ2v) is 6.20. The van der Waals surface area contributed by atoms with Gasteiger partial charge in [-0.05, 0) is 31.0 Å². The van der Waals surface area contributed by atoms with E-state index in [0.717, 1.165) is 29.7 Å². The van der Waals surface area contributed by atoms with Gasteiger partial charge in [-0.15, -0.1) is 0 Å². The Morgan fingerprint density at radius 3 is 2.60 bits per heavy atom. The molecule has 0 saturated carbocycles. The molecule has 1 N–H and O–H groups in total. The van der Waals surface area contributed by atoms with Gasteiger partial charge in [0.1, 0.15) is 11.3 Å². The van der Waals surface area contributed by atoms with Crippen LogP contribution in [0, 0.1) is 11.8 Å². The van der Waals surface area contributed by atoms with Gasteiger partial charge in [0.15, 0.2) is 0 Å². The molecule has 0 radical (unpaired) electrons. The second-order valence-electron chi connectivity index (χ2n) is 6.20. The average Bonchev–Trinajstić information content (AvgIpc) is 3.00. The number of furan rings is 1. The quantitative estimate of drug-likeness (QED) is 0.926. The standard InChI is InChI=1S/C17H24N2O/c1-12-9-19(10-13(12)2)11-15(18-3)17-8-14-6-4-5-7-16(14)20-17/h4-8,12-13,15,18H,9-11H2,1-3H3. The first-order chi connectivity index (χ1) is 9.67. The lowest BCUT2D eigenvalue weighted by molar-refractivity contribution is 0.271. The summed E-state index contributed by atoms with van der Waals surface area (Å²) in [6, 6.07) is 10.6. The summed E-state index contributed by atoms with van der Waals surface area (Å²) in [4.78, 5) is 2.55. The van der Waals surface area contributed by atoms with Crippen LogP contribution in [0.4, 0.5) is 0 Å². The van der Waals surface area contributed by atoms with E-state index in [1.807, 2.05) is 19.2 Å². The van der Waals surface area contributed by atoms with Crippen molar-refractivity contribution in [1.29, 1.82) is 0 Å². The van der Waals surface area contributed by atoms with E-state index in [9.17, 15) is 0 Å². The van der Waals surface area contributed by atoms with Crippen LogP contribution in [0.1, 0.15) is 25.6 Å². The molecule has 0 aliphatic carbocycles. The first-order valence-corrected chi connectivity index (χ1v) is 7.55. The van der Waals surface area contributed by atoms with Gasteiger partial charge in [-0.25, -0.2) is 0 Å². The van der Waals surface area contributed by atoms with Gasteiger partial charge in [-0.3, -0.25) is 0 Å². The van der Waals surface area contributed by atoms with Gasteiger partial charge >= 0.3 is 0 Å². The zero-order valence-corrected chi connectivity index (χ0v) is 12.6. The summed E-state index contributed by atoms with van der Waals surface area (Å²) < 4.78 is 6.00. The fourth-order valence-electron chi connectivity index (χ4n) is 3.15. The molecule has 1 aliphatic heterocycles. The van der Waals surface area contributed by atoms with Crippen molar-refractivity contribution in [2.75, 3.05) is 26.7 Å². The normalized spacial score (nSPS) is 25.4. The summed E-state index contributed by atoms with van der Waals surface area (Å²) >= 11 is 0. The lowest BCUT2D eigenvalue weighted by Crippen LogP contribution is -2.32. The van der Waals surface area contributed by atoms with Crippen LogP contribution in [0.15, 0.2) is 34.7 Å². The Labute approximate surface area is 120 Å². The van der Waals surface area contributed by atoms with Gasteiger partial charge in [0.25, 0.3) is 0 Å². The molecule has 1 aliphatic rings. The molecule has 1 fully saturated rings. The van der Waals surface area contributed by atoms with Crippen LogP contribution >= 0.6 is 0 Å². The Kier molecular flexibility index (Phi) is 3.81. The van der Waals surface area contributed by atoms with Gasteiger partial charge in [0, 0.05) is 25.0 Å². The zero-order valence-electron chi connectivity index (χ0n) is 12.6. The van der Waals surface area contributed by atoms with Crippen molar-refractivity contribution in [3.63, 3.8) is 0 Å². The molecule has 1 aromatic heterocycles. The smallest absolute Gasteiger partial charge is 0.134 e. The number of likely N-dealkylation sites (tertiary alicyclic amines) is 1. The number of hydrogen-bond donors (Lipinski definition) is 1. The number of nitrogens with one attached hydrogen (secondary N) is 1. The first-order valence-electron chi connectivity index (χ1n) is 7.55. The molecule has 3 rings (SSSR count). The molecule has 2 heterocycles. The highest BCUT2D eigenvalue weighted by Gasteiger charge is 2.28. The molecule has 0 spiro atoms. The van der Waals surface area contributed by atoms with E-state index >= 15 is 0 Å². The zero-order chi connectivity index (χ0) is 14.1. The van der Waals surface area contributed by atoms with E-state index in [-0.39, 0.29) is 6.04 Å². The van der Waals surface area contributed by atoms with E-state index in [1.165, 1.54) is 18.5 Å². The number of hydrogen-bond acceptors (Lipinski definition) is 3. The Morgan fingerprint density at radius 1 is 1.25 bits per heavy atom. The highest BCUT2D eigenvalue weighted by atomic mass is 16.3. The minimum atomic E-state index is 0.264. The van der Waals surface area contributed by atoms with Crippen molar-refractivity contribution in [1.82, 2.24) is 10.2 Å². The number of nitrogens with zero attached hydrogens (tertiary/aromatic N) is 1. The van der Waals surface area contributed by atoms with Crippen LogP contribution < -0.4 is 5.32 Å². The van der Waals surface area contributed by atoms with Crippen molar-refractivity contribution in [3.05, 3.63) is 36.1 Å². The van der Waals surface area contributed by atoms with Crippen LogP contribution in [0.5, 0.6) is 0 Å². The van der Waals surface area contributed by atoms with Crippen molar-refractivity contribution in [3.8, 4) is 0 Å². The summed E-state index contributed by atoms with van der Waals surface area (Å²) in [6.07, 6.45) is 0. The summed E-state index contributed by atoms with van der Waals surface area (Å²) in [7, 11) is 2.01. The molecule has 108 valence electrons. The summed E-state index contributed by atoms with van der Waals surface area (Å²) in [6.45, 7) is 8.10. The van der Waals surface area contributed by atoms with Crippen LogP contribution in [0.3, 0.4) is 0 Å². The molecule has 0 amide bonds. The number of fused-ring (bicyclic) bond motifs is 1. The minimum absolute atomic E-state index is 0.264. The molecule has 3 nitrogen and oxygen atoms in total. The fraction of sp³-hybridized carbons (Fsp3) is 0.529. The Hall–Kier alpha value is -1.32. The maximum atomic E-state index is 6.00. The Balaban J connectivity index is 1.76. The first kappa shape index (κ1) is 13.7. The fourth-order valence-corrected chi connectivity index (χ4v) is 3.15. The van der Waals surface area contributed by atoms with Crippen molar-refractivity contribution in [2.45, 2.75) is 19.9 Å². The van der Waals surface area contributed by atoms with Crippen LogP contribution in [0.2, 0.25) is 0 Å². The van der Waals surface area contributed by atoms with Crippen molar-refractivity contribution >= 4 is 11.0 Å². The summed E-state index contributed by atoms with van der Waals surface area (Å²) in [5, 5.41) is 4.59. The molecule has 1 aromatic carbocycles. The van der Waals surface area contributed by atoms with Gasteiger partial charge in [-0.1, -0.05) is 32.0 Å². The maximum absolute atomic E-state index is 6.00. The summed E-state index contributed by atoms with van der Waals surface area (Å²) in [5.41, 5.74) is 0.978. The SMILES string of the molecule is CNC(CN1CC(C)C(C)C1)c1cc2ccccc2o1. The highest BCUT2D eigenvalue weighted by Crippen LogP contribution is 2.27. The van der Waals surface area contributed by atoms with E-state index in [2.05, 4.69) is 42.3 Å². The molecule has 0 bridgehead atoms. The summed E-state index contributed by atoms with van der Waals surface area (Å²) in [5.74, 6) is 2.63. The molecule has 3 heteroatoms. The van der Waals surface area contributed by atoms with E-state index in [0.29, 0.717) is 0 Å². The number of benzene rings is 1. The predicted octanol–water partition coefficient (Wildman–Crippen LogP) is 3.28. The maximum Gasteiger partial charge on any atom is 0.134 e. The molecule has 2 aromatic rings. The van der Waals surface area contributed by atoms with Crippen molar-refractivity contribution < 1.29 is 4.42 Å². The number of likely N-dealkylation sites (N-methyl/N-ethyl adjacent to an activating group) is 1. The molecular formula is C17H24N2O. The van der Waals surface area contributed by atoms with Gasteiger partial charge in [0.2, 0.25) is 0 Å². The third-order valence-corrected chi connectivity index (χ3v) is 4.64. The average molecular weight is 272 g/mol. The third-order valence-electron chi connectivity index (χ3n) is 4.64. The van der Waals surface area contributed by atoms with Gasteiger partial charge in [-0.2, -0.15) is 0 Å². The van der Waals surface area contributed by atoms with Crippen LogP contribution in [0.25, 0.3) is 11.0 Å². The molecule has 3 unspecified atom stereocenters. The minimum Gasteiger partial charge on any atom is -0.459 e. The monoisotopic (exact) mass is 272 g/mol. The van der Waals surface area contributed by atoms with E-state index in [1.54, 1.807) is 0 Å². The number of rotatable bonds is 4. The predicted molar refractivity (Wildman–Crippen MR) is 82.8 cm³/mol.